The van der Waals surface area contributed by atoms with Gasteiger partial charge in [0.25, 0.3) is 0 Å². The van der Waals surface area contributed by atoms with Crippen LogP contribution in [0.15, 0.2) is 17.0 Å². The molecule has 1 aromatic heterocycles. The third-order valence-electron chi connectivity index (χ3n) is 4.89. The molecule has 154 valence electrons. The first-order chi connectivity index (χ1) is 12.9. The van der Waals surface area contributed by atoms with E-state index in [4.69, 9.17) is 0 Å². The number of aromatic nitrogens is 2. The molecule has 0 saturated carbocycles. The lowest BCUT2D eigenvalue weighted by Gasteiger charge is -2.16. The summed E-state index contributed by atoms with van der Waals surface area (Å²) in [5.74, 6) is -0.213. The van der Waals surface area contributed by atoms with Crippen LogP contribution < -0.4 is 10.0 Å². The van der Waals surface area contributed by atoms with Gasteiger partial charge in [0.2, 0.25) is 15.9 Å². The number of nitrogens with zero attached hydrogens (tertiary/aromatic N) is 2. The van der Waals surface area contributed by atoms with Crippen molar-refractivity contribution in [2.45, 2.75) is 58.9 Å². The molecular formula is C20H30N4O3S. The second-order valence-corrected chi connectivity index (χ2v) is 9.08. The minimum atomic E-state index is -3.67. The minimum absolute atomic E-state index is 0.0403. The van der Waals surface area contributed by atoms with E-state index in [1.54, 1.807) is 18.5 Å². The number of carbonyl (C=O) groups excluding carboxylic acids is 1. The van der Waals surface area contributed by atoms with Crippen LogP contribution in [-0.4, -0.2) is 30.7 Å². The maximum absolute atomic E-state index is 12.6. The lowest BCUT2D eigenvalue weighted by molar-refractivity contribution is -0.121. The summed E-state index contributed by atoms with van der Waals surface area (Å²) in [4.78, 5) is 12.6. The van der Waals surface area contributed by atoms with Crippen molar-refractivity contribution in [2.24, 2.45) is 7.05 Å². The van der Waals surface area contributed by atoms with Crippen LogP contribution in [0.1, 0.15) is 53.0 Å². The molecule has 2 rings (SSSR count). The molecule has 28 heavy (non-hydrogen) atoms. The molecule has 1 aromatic carbocycles. The van der Waals surface area contributed by atoms with Gasteiger partial charge in [0.15, 0.2) is 0 Å². The van der Waals surface area contributed by atoms with Gasteiger partial charge in [-0.15, -0.1) is 0 Å². The number of nitrogens with one attached hydrogen (secondary N) is 2. The van der Waals surface area contributed by atoms with Gasteiger partial charge in [0.1, 0.15) is 0 Å². The second kappa shape index (κ2) is 8.45. The molecule has 1 heterocycles. The first kappa shape index (κ1) is 22.1. The zero-order chi connectivity index (χ0) is 21.2. The average Bonchev–Trinajstić information content (AvgIpc) is 2.78. The minimum Gasteiger partial charge on any atom is -0.349 e. The third kappa shape index (κ3) is 4.80. The molecule has 0 aliphatic heterocycles. The standard InChI is InChI=1S/C20H30N4O3S/c1-12-10-13(2)20(14(3)11-12)28(26,27)21-9-8-18(25)22-15(4)19-16(5)23-24(7)17(19)6/h10-11,15,21H,8-9H2,1-7H3,(H,22,25). The topological polar surface area (TPSA) is 93.1 Å². The molecule has 2 aromatic rings. The zero-order valence-corrected chi connectivity index (χ0v) is 18.5. The zero-order valence-electron chi connectivity index (χ0n) is 17.7. The van der Waals surface area contributed by atoms with E-state index in [0.717, 1.165) is 22.5 Å². The summed E-state index contributed by atoms with van der Waals surface area (Å²) in [5, 5.41) is 7.28. The SMILES string of the molecule is Cc1cc(C)c(S(=O)(=O)NCCC(=O)NC(C)c2c(C)nn(C)c2C)c(C)c1. The van der Waals surface area contributed by atoms with Gasteiger partial charge in [-0.05, 0) is 52.7 Å². The summed E-state index contributed by atoms with van der Waals surface area (Å²) < 4.78 is 29.6. The van der Waals surface area contributed by atoms with Crippen molar-refractivity contribution in [1.82, 2.24) is 19.8 Å². The van der Waals surface area contributed by atoms with Gasteiger partial charge in [0.05, 0.1) is 16.6 Å². The summed E-state index contributed by atoms with van der Waals surface area (Å²) in [5.41, 5.74) is 5.27. The van der Waals surface area contributed by atoms with Gasteiger partial charge in [-0.2, -0.15) is 5.10 Å². The summed E-state index contributed by atoms with van der Waals surface area (Å²) in [7, 11) is -1.80. The molecular weight excluding hydrogens is 376 g/mol. The van der Waals surface area contributed by atoms with Crippen molar-refractivity contribution in [3.63, 3.8) is 0 Å². The largest absolute Gasteiger partial charge is 0.349 e. The highest BCUT2D eigenvalue weighted by atomic mass is 32.2. The number of aryl methyl sites for hydroxylation is 5. The van der Waals surface area contributed by atoms with Crippen molar-refractivity contribution in [1.29, 1.82) is 0 Å². The fraction of sp³-hybridized carbons (Fsp3) is 0.500. The van der Waals surface area contributed by atoms with Crippen molar-refractivity contribution in [2.75, 3.05) is 6.54 Å². The van der Waals surface area contributed by atoms with Crippen LogP contribution in [-0.2, 0) is 21.9 Å². The Kier molecular flexibility index (Phi) is 6.67. The van der Waals surface area contributed by atoms with E-state index in [2.05, 4.69) is 15.1 Å². The number of hydrogen-bond donors (Lipinski definition) is 2. The van der Waals surface area contributed by atoms with Crippen LogP contribution in [0.3, 0.4) is 0 Å². The number of sulfonamides is 1. The smallest absolute Gasteiger partial charge is 0.241 e. The first-order valence-electron chi connectivity index (χ1n) is 9.31. The van der Waals surface area contributed by atoms with Crippen molar-refractivity contribution >= 4 is 15.9 Å². The Bertz CT molecular complexity index is 970. The van der Waals surface area contributed by atoms with E-state index in [9.17, 15) is 13.2 Å². The monoisotopic (exact) mass is 406 g/mol. The molecule has 2 N–H and O–H groups in total. The van der Waals surface area contributed by atoms with E-state index < -0.39 is 10.0 Å². The van der Waals surface area contributed by atoms with Crippen LogP contribution in [0.2, 0.25) is 0 Å². The van der Waals surface area contributed by atoms with E-state index in [-0.39, 0.29) is 29.8 Å². The van der Waals surface area contributed by atoms with E-state index in [1.165, 1.54) is 0 Å². The molecule has 0 saturated heterocycles. The quantitative estimate of drug-likeness (QED) is 0.739. The molecule has 1 unspecified atom stereocenters. The number of carbonyl (C=O) groups is 1. The highest BCUT2D eigenvalue weighted by Crippen LogP contribution is 2.22. The predicted octanol–water partition coefficient (Wildman–Crippen LogP) is 2.51. The average molecular weight is 407 g/mol. The Morgan fingerprint density at radius 2 is 1.71 bits per heavy atom. The Labute approximate surface area is 167 Å². The van der Waals surface area contributed by atoms with E-state index in [0.29, 0.717) is 11.1 Å². The summed E-state index contributed by atoms with van der Waals surface area (Å²) >= 11 is 0. The Morgan fingerprint density at radius 1 is 1.14 bits per heavy atom. The second-order valence-electron chi connectivity index (χ2n) is 7.37. The van der Waals surface area contributed by atoms with Crippen LogP contribution >= 0.6 is 0 Å². The maximum atomic E-state index is 12.6. The van der Waals surface area contributed by atoms with Crippen LogP contribution in [0, 0.1) is 34.6 Å². The normalized spacial score (nSPS) is 12.8. The Balaban J connectivity index is 1.98. The van der Waals surface area contributed by atoms with Gasteiger partial charge >= 0.3 is 0 Å². The number of rotatable bonds is 7. The molecule has 0 fully saturated rings. The molecule has 0 aliphatic rings. The number of benzene rings is 1. The van der Waals surface area contributed by atoms with Gasteiger partial charge in [-0.3, -0.25) is 9.48 Å². The molecule has 8 heteroatoms. The first-order valence-corrected chi connectivity index (χ1v) is 10.8. The molecule has 1 atom stereocenters. The maximum Gasteiger partial charge on any atom is 0.241 e. The van der Waals surface area contributed by atoms with Gasteiger partial charge in [-0.1, -0.05) is 17.7 Å². The lowest BCUT2D eigenvalue weighted by atomic mass is 10.1. The fourth-order valence-corrected chi connectivity index (χ4v) is 5.24. The molecule has 0 radical (unpaired) electrons. The lowest BCUT2D eigenvalue weighted by Crippen LogP contribution is -2.32. The Hall–Kier alpha value is -2.19. The third-order valence-corrected chi connectivity index (χ3v) is 6.66. The number of amides is 1. The van der Waals surface area contributed by atoms with Crippen LogP contribution in [0.25, 0.3) is 0 Å². The predicted molar refractivity (Wildman–Crippen MR) is 110 cm³/mol. The molecule has 0 aliphatic carbocycles. The van der Waals surface area contributed by atoms with Gasteiger partial charge in [0, 0.05) is 31.3 Å². The summed E-state index contributed by atoms with van der Waals surface area (Å²) in [6.07, 6.45) is 0.0614. The highest BCUT2D eigenvalue weighted by Gasteiger charge is 2.21. The molecule has 1 amide bonds. The molecule has 0 bridgehead atoms. The highest BCUT2D eigenvalue weighted by molar-refractivity contribution is 7.89. The Morgan fingerprint density at radius 3 is 2.21 bits per heavy atom. The summed E-state index contributed by atoms with van der Waals surface area (Å²) in [6.45, 7) is 11.3. The van der Waals surface area contributed by atoms with E-state index >= 15 is 0 Å². The van der Waals surface area contributed by atoms with E-state index in [1.807, 2.05) is 46.9 Å². The van der Waals surface area contributed by atoms with Crippen molar-refractivity contribution < 1.29 is 13.2 Å². The van der Waals surface area contributed by atoms with Gasteiger partial charge in [-0.25, -0.2) is 13.1 Å². The van der Waals surface area contributed by atoms with Crippen molar-refractivity contribution in [3.05, 3.63) is 45.8 Å². The number of hydrogen-bond acceptors (Lipinski definition) is 4. The summed E-state index contributed by atoms with van der Waals surface area (Å²) in [6, 6.07) is 3.49. The molecule has 7 nitrogen and oxygen atoms in total. The fourth-order valence-electron chi connectivity index (χ4n) is 3.76. The molecule has 0 spiro atoms. The van der Waals surface area contributed by atoms with Crippen molar-refractivity contribution in [3.8, 4) is 0 Å². The van der Waals surface area contributed by atoms with Crippen LogP contribution in [0.5, 0.6) is 0 Å². The van der Waals surface area contributed by atoms with Crippen LogP contribution in [0.4, 0.5) is 0 Å². The van der Waals surface area contributed by atoms with Gasteiger partial charge < -0.3 is 5.32 Å².